The zero-order chi connectivity index (χ0) is 33.7. The maximum atomic E-state index is 11.9. The van der Waals surface area contributed by atoms with Crippen molar-refractivity contribution in [3.8, 4) is 0 Å². The lowest BCUT2D eigenvalue weighted by Gasteiger charge is -2.60. The number of morpholine rings is 1. The summed E-state index contributed by atoms with van der Waals surface area (Å²) in [7, 11) is 0. The summed E-state index contributed by atoms with van der Waals surface area (Å²) >= 11 is 0. The topological polar surface area (TPSA) is 135 Å². The predicted octanol–water partition coefficient (Wildman–Crippen LogP) is 4.38. The Morgan fingerprint density at radius 3 is 2.43 bits per heavy atom. The van der Waals surface area contributed by atoms with Crippen molar-refractivity contribution in [2.24, 2.45) is 45.3 Å². The van der Waals surface area contributed by atoms with Gasteiger partial charge in [-0.15, -0.1) is 0 Å². The molecule has 2 saturated heterocycles. The van der Waals surface area contributed by atoms with E-state index in [0.29, 0.717) is 54.2 Å². The number of hydrogen-bond acceptors (Lipinski definition) is 9. The van der Waals surface area contributed by atoms with E-state index in [0.717, 1.165) is 25.7 Å². The van der Waals surface area contributed by atoms with Crippen molar-refractivity contribution in [3.05, 3.63) is 0 Å². The van der Waals surface area contributed by atoms with Gasteiger partial charge in [-0.2, -0.15) is 0 Å². The number of carbonyl (C=O) groups excluding carboxylic acids is 1. The van der Waals surface area contributed by atoms with E-state index in [1.165, 1.54) is 45.4 Å². The van der Waals surface area contributed by atoms with E-state index in [9.17, 15) is 24.9 Å². The highest BCUT2D eigenvalue weighted by molar-refractivity contribution is 5.73. The molecule has 0 amide bonds. The minimum atomic E-state index is -1.17. The van der Waals surface area contributed by atoms with Crippen LogP contribution in [-0.2, 0) is 28.5 Å². The number of hydrogen-bond donors (Lipinski definition) is 3. The SMILES string of the molecule is CC(=O)O[C@@H](C1CCC2C(CC3C4CCC5C(C)(C)[C@@H](OC6CN(C(CO)C(=O)O)CCO6)CC[C@@]56C[C@@]46CCC23C)O1)C(C)(C)O. The Kier molecular flexibility index (Phi) is 8.45. The highest BCUT2D eigenvalue weighted by Gasteiger charge is 2.80. The number of aliphatic hydroxyl groups excluding tert-OH is 1. The molecule has 7 fully saturated rings. The van der Waals surface area contributed by atoms with Gasteiger partial charge < -0.3 is 34.3 Å². The van der Waals surface area contributed by atoms with Crippen LogP contribution < -0.4 is 0 Å². The highest BCUT2D eigenvalue weighted by atomic mass is 16.7. The number of fused-ring (bicyclic) bond motifs is 4. The molecule has 2 aliphatic heterocycles. The van der Waals surface area contributed by atoms with Gasteiger partial charge >= 0.3 is 11.9 Å². The Bertz CT molecular complexity index is 1230. The normalized spacial score (nSPS) is 46.9. The van der Waals surface area contributed by atoms with Crippen LogP contribution in [0, 0.1) is 45.3 Å². The molecule has 10 nitrogen and oxygen atoms in total. The minimum absolute atomic E-state index is 0.0227. The summed E-state index contributed by atoms with van der Waals surface area (Å²) < 4.78 is 25.2. The second-order valence-corrected chi connectivity index (χ2v) is 18.0. The molecular formula is C37H59NO9. The van der Waals surface area contributed by atoms with Gasteiger partial charge in [0.15, 0.2) is 12.4 Å². The van der Waals surface area contributed by atoms with Crippen molar-refractivity contribution in [2.45, 2.75) is 148 Å². The van der Waals surface area contributed by atoms with Crippen LogP contribution in [0.5, 0.6) is 0 Å². The molecule has 0 bridgehead atoms. The molecule has 7 rings (SSSR count). The molecule has 13 atom stereocenters. The first-order valence-electron chi connectivity index (χ1n) is 18.5. The molecule has 0 aromatic heterocycles. The molecule has 10 heteroatoms. The summed E-state index contributed by atoms with van der Waals surface area (Å²) in [4.78, 5) is 25.4. The Morgan fingerprint density at radius 2 is 1.74 bits per heavy atom. The standard InChI is InChI=1S/C37H59NO9/c1-21(40)45-31(34(4,5)43)26-9-7-23-27(46-26)17-24-22-8-10-28-33(2,3)29(11-12-37(28)20-36(22,37)14-13-35(23,24)6)47-30-18-38(15-16-44-30)25(19-39)32(41)42/h22-31,39,43H,7-20H2,1-6H3,(H,41,42)/t22?,23?,24?,25?,26?,27?,28?,29-,30?,31-,35?,36-,37+/m0/s1. The third-order valence-electron chi connectivity index (χ3n) is 15.2. The number of esters is 1. The number of carboxylic acid groups (broad SMARTS) is 1. The smallest absolute Gasteiger partial charge is 0.323 e. The molecule has 0 aromatic rings. The Hall–Kier alpha value is -1.30. The van der Waals surface area contributed by atoms with Crippen LogP contribution in [0.25, 0.3) is 0 Å². The number of nitrogens with zero attached hydrogens (tertiary/aromatic N) is 1. The van der Waals surface area contributed by atoms with E-state index < -0.39 is 36.6 Å². The molecule has 5 aliphatic carbocycles. The van der Waals surface area contributed by atoms with Crippen LogP contribution >= 0.6 is 0 Å². The molecular weight excluding hydrogens is 602 g/mol. The molecule has 0 aromatic carbocycles. The summed E-state index contributed by atoms with van der Waals surface area (Å²) in [5.41, 5.74) is -0.165. The summed E-state index contributed by atoms with van der Waals surface area (Å²) in [5, 5.41) is 30.2. The molecule has 7 aliphatic rings. The molecule has 9 unspecified atom stereocenters. The second kappa shape index (κ2) is 11.6. The van der Waals surface area contributed by atoms with E-state index >= 15 is 0 Å². The summed E-state index contributed by atoms with van der Waals surface area (Å²) in [5.74, 6) is 1.04. The number of carboxylic acids is 1. The van der Waals surface area contributed by atoms with Crippen LogP contribution in [0.4, 0.5) is 0 Å². The first-order valence-corrected chi connectivity index (χ1v) is 18.5. The maximum Gasteiger partial charge on any atom is 0.323 e. The fourth-order valence-corrected chi connectivity index (χ4v) is 13.1. The zero-order valence-corrected chi connectivity index (χ0v) is 29.4. The monoisotopic (exact) mass is 661 g/mol. The molecule has 0 radical (unpaired) electrons. The molecule has 5 saturated carbocycles. The molecule has 47 heavy (non-hydrogen) atoms. The Morgan fingerprint density at radius 1 is 1.00 bits per heavy atom. The Balaban J connectivity index is 1.05. The van der Waals surface area contributed by atoms with Crippen LogP contribution in [-0.4, -0.2) is 101 Å². The first-order chi connectivity index (χ1) is 22.1. The van der Waals surface area contributed by atoms with Crippen LogP contribution in [0.3, 0.4) is 0 Å². The summed E-state index contributed by atoms with van der Waals surface area (Å²) in [6.07, 6.45) is 10.2. The largest absolute Gasteiger partial charge is 0.480 e. The van der Waals surface area contributed by atoms with E-state index in [1.54, 1.807) is 18.7 Å². The fourth-order valence-electron chi connectivity index (χ4n) is 13.1. The van der Waals surface area contributed by atoms with E-state index in [1.807, 2.05) is 0 Å². The maximum absolute atomic E-state index is 11.9. The number of aliphatic hydroxyl groups is 2. The third kappa shape index (κ3) is 5.24. The van der Waals surface area contributed by atoms with E-state index in [2.05, 4.69) is 20.8 Å². The average Bonchev–Trinajstić information content (AvgIpc) is 3.57. The van der Waals surface area contributed by atoms with Crippen LogP contribution in [0.1, 0.15) is 106 Å². The lowest BCUT2D eigenvalue weighted by molar-refractivity contribution is -0.248. The molecule has 3 N–H and O–H groups in total. The predicted molar refractivity (Wildman–Crippen MR) is 172 cm³/mol. The van der Waals surface area contributed by atoms with Gasteiger partial charge in [-0.3, -0.25) is 14.5 Å². The summed E-state index contributed by atoms with van der Waals surface area (Å²) in [6.45, 7) is 13.0. The van der Waals surface area contributed by atoms with Crippen molar-refractivity contribution in [1.29, 1.82) is 0 Å². The first kappa shape index (κ1) is 34.2. The van der Waals surface area contributed by atoms with Crippen molar-refractivity contribution >= 4 is 11.9 Å². The third-order valence-corrected chi connectivity index (χ3v) is 15.2. The second-order valence-electron chi connectivity index (χ2n) is 18.0. The van der Waals surface area contributed by atoms with Gasteiger partial charge in [-0.25, -0.2) is 0 Å². The number of carbonyl (C=O) groups is 2. The fraction of sp³-hybridized carbons (Fsp3) is 0.946. The van der Waals surface area contributed by atoms with Gasteiger partial charge in [0.1, 0.15) is 6.04 Å². The minimum Gasteiger partial charge on any atom is -0.480 e. The van der Waals surface area contributed by atoms with Gasteiger partial charge in [0, 0.05) is 13.5 Å². The number of rotatable bonds is 8. The quantitative estimate of drug-likeness (QED) is 0.322. The van der Waals surface area contributed by atoms with Gasteiger partial charge in [-0.05, 0) is 123 Å². The molecule has 2 spiro atoms. The number of ether oxygens (including phenoxy) is 4. The van der Waals surface area contributed by atoms with Crippen LogP contribution in [0.2, 0.25) is 0 Å². The van der Waals surface area contributed by atoms with E-state index in [4.69, 9.17) is 18.9 Å². The van der Waals surface area contributed by atoms with Crippen molar-refractivity contribution in [3.63, 3.8) is 0 Å². The Labute approximate surface area is 280 Å². The van der Waals surface area contributed by atoms with E-state index in [-0.39, 0.29) is 35.1 Å². The lowest BCUT2D eigenvalue weighted by atomic mass is 9.46. The number of aliphatic carboxylic acids is 1. The van der Waals surface area contributed by atoms with Gasteiger partial charge in [0.2, 0.25) is 0 Å². The van der Waals surface area contributed by atoms with Crippen LogP contribution in [0.15, 0.2) is 0 Å². The lowest BCUT2D eigenvalue weighted by Crippen LogP contribution is -2.57. The van der Waals surface area contributed by atoms with Gasteiger partial charge in [0.25, 0.3) is 0 Å². The zero-order valence-electron chi connectivity index (χ0n) is 29.4. The molecule has 266 valence electrons. The average molecular weight is 662 g/mol. The van der Waals surface area contributed by atoms with Crippen molar-refractivity contribution < 1.29 is 43.9 Å². The summed E-state index contributed by atoms with van der Waals surface area (Å²) in [6, 6.07) is -0.932. The van der Waals surface area contributed by atoms with Gasteiger partial charge in [-0.1, -0.05) is 20.8 Å². The van der Waals surface area contributed by atoms with Crippen molar-refractivity contribution in [2.75, 3.05) is 26.3 Å². The molecule has 2 heterocycles. The highest BCUT2D eigenvalue weighted by Crippen LogP contribution is 2.87. The van der Waals surface area contributed by atoms with Crippen molar-refractivity contribution in [1.82, 2.24) is 4.90 Å². The van der Waals surface area contributed by atoms with Gasteiger partial charge in [0.05, 0.1) is 43.7 Å².